The normalized spacial score (nSPS) is 16.7. The fourth-order valence-electron chi connectivity index (χ4n) is 2.35. The van der Waals surface area contributed by atoms with Crippen molar-refractivity contribution in [3.05, 3.63) is 28.8 Å². The van der Waals surface area contributed by atoms with Crippen molar-refractivity contribution in [1.82, 2.24) is 14.5 Å². The van der Waals surface area contributed by atoms with Gasteiger partial charge in [-0.1, -0.05) is 17.7 Å². The van der Waals surface area contributed by atoms with Crippen LogP contribution in [0.15, 0.2) is 23.1 Å². The second kappa shape index (κ2) is 7.07. The van der Waals surface area contributed by atoms with Crippen LogP contribution in [-0.4, -0.2) is 55.9 Å². The van der Waals surface area contributed by atoms with Gasteiger partial charge in [-0.15, -0.1) is 0 Å². The van der Waals surface area contributed by atoms with Gasteiger partial charge >= 0.3 is 6.03 Å². The lowest BCUT2D eigenvalue weighted by Crippen LogP contribution is -2.53. The molecule has 1 heterocycles. The molecular weight excluding hydrogens is 338 g/mol. The number of halogens is 1. The van der Waals surface area contributed by atoms with E-state index in [1.807, 2.05) is 20.8 Å². The summed E-state index contributed by atoms with van der Waals surface area (Å²) in [5.74, 6) is 0. The number of aryl methyl sites for hydroxylation is 1. The molecule has 0 saturated carbocycles. The second-order valence-electron chi connectivity index (χ2n) is 5.91. The van der Waals surface area contributed by atoms with Crippen molar-refractivity contribution in [3.63, 3.8) is 0 Å². The first-order valence-corrected chi connectivity index (χ1v) is 9.35. The number of sulfonamides is 1. The number of urea groups is 1. The Hall–Kier alpha value is -1.31. The number of hydrogen-bond acceptors (Lipinski definition) is 3. The third kappa shape index (κ3) is 4.16. The van der Waals surface area contributed by atoms with E-state index in [9.17, 15) is 13.2 Å². The molecule has 1 aliphatic rings. The number of hydrogen-bond donors (Lipinski definition) is 1. The van der Waals surface area contributed by atoms with Crippen LogP contribution in [0.4, 0.5) is 4.79 Å². The molecule has 1 aliphatic heterocycles. The summed E-state index contributed by atoms with van der Waals surface area (Å²) < 4.78 is 26.7. The molecule has 128 valence electrons. The Morgan fingerprint density at radius 1 is 1.22 bits per heavy atom. The Kier molecular flexibility index (Phi) is 5.54. The Morgan fingerprint density at radius 2 is 1.83 bits per heavy atom. The molecule has 1 N–H and O–H groups in total. The van der Waals surface area contributed by atoms with E-state index in [0.29, 0.717) is 18.1 Å². The Morgan fingerprint density at radius 3 is 2.35 bits per heavy atom. The Bertz CT molecular complexity index is 683. The molecule has 1 fully saturated rings. The highest BCUT2D eigenvalue weighted by molar-refractivity contribution is 7.89. The van der Waals surface area contributed by atoms with Crippen molar-refractivity contribution in [3.8, 4) is 0 Å². The second-order valence-corrected chi connectivity index (χ2v) is 8.25. The summed E-state index contributed by atoms with van der Waals surface area (Å²) in [6.45, 7) is 6.90. The van der Waals surface area contributed by atoms with Gasteiger partial charge in [0, 0.05) is 37.2 Å². The number of carbonyl (C=O) groups excluding carboxylic acids is 1. The molecule has 1 saturated heterocycles. The van der Waals surface area contributed by atoms with Crippen LogP contribution in [0.2, 0.25) is 5.02 Å². The van der Waals surface area contributed by atoms with Crippen LogP contribution in [0.25, 0.3) is 0 Å². The molecule has 0 unspecified atom stereocenters. The highest BCUT2D eigenvalue weighted by atomic mass is 35.5. The SMILES string of the molecule is Cc1ccc(S(=O)(=O)N2CCN(C(=O)NC(C)C)CC2)cc1Cl. The van der Waals surface area contributed by atoms with Crippen LogP contribution in [0.3, 0.4) is 0 Å². The van der Waals surface area contributed by atoms with Crippen molar-refractivity contribution in [2.45, 2.75) is 31.7 Å². The first kappa shape index (κ1) is 18.0. The molecule has 1 aromatic rings. The van der Waals surface area contributed by atoms with Crippen molar-refractivity contribution < 1.29 is 13.2 Å². The van der Waals surface area contributed by atoms with Crippen LogP contribution in [0.5, 0.6) is 0 Å². The summed E-state index contributed by atoms with van der Waals surface area (Å²) in [5, 5.41) is 3.24. The van der Waals surface area contributed by atoms with Gasteiger partial charge in [0.1, 0.15) is 0 Å². The number of amides is 2. The van der Waals surface area contributed by atoms with Gasteiger partial charge in [0.25, 0.3) is 0 Å². The third-order valence-corrected chi connectivity index (χ3v) is 6.02. The fourth-order valence-corrected chi connectivity index (χ4v) is 4.05. The molecule has 23 heavy (non-hydrogen) atoms. The van der Waals surface area contributed by atoms with Crippen LogP contribution in [-0.2, 0) is 10.0 Å². The standard InChI is InChI=1S/C15H22ClN3O3S/c1-11(2)17-15(20)18-6-8-19(9-7-18)23(21,22)13-5-4-12(3)14(16)10-13/h4-5,10-11H,6-9H2,1-3H3,(H,17,20). The summed E-state index contributed by atoms with van der Waals surface area (Å²) in [6, 6.07) is 4.63. The number of rotatable bonds is 3. The quantitative estimate of drug-likeness (QED) is 0.898. The van der Waals surface area contributed by atoms with Crippen LogP contribution < -0.4 is 5.32 Å². The monoisotopic (exact) mass is 359 g/mol. The molecule has 8 heteroatoms. The van der Waals surface area contributed by atoms with Gasteiger partial charge in [-0.2, -0.15) is 4.31 Å². The first-order chi connectivity index (χ1) is 10.7. The topological polar surface area (TPSA) is 69.7 Å². The maximum Gasteiger partial charge on any atom is 0.317 e. The molecule has 0 radical (unpaired) electrons. The number of piperazine rings is 1. The van der Waals surface area contributed by atoms with E-state index in [0.717, 1.165) is 5.56 Å². The summed E-state index contributed by atoms with van der Waals surface area (Å²) in [6.07, 6.45) is 0. The van der Waals surface area contributed by atoms with Gasteiger partial charge in [0.15, 0.2) is 0 Å². The van der Waals surface area contributed by atoms with E-state index in [-0.39, 0.29) is 30.1 Å². The predicted octanol–water partition coefficient (Wildman–Crippen LogP) is 2.07. The molecule has 6 nitrogen and oxygen atoms in total. The van der Waals surface area contributed by atoms with Crippen LogP contribution in [0, 0.1) is 6.92 Å². The molecule has 0 aromatic heterocycles. The Balaban J connectivity index is 2.06. The lowest BCUT2D eigenvalue weighted by Gasteiger charge is -2.34. The van der Waals surface area contributed by atoms with Gasteiger partial charge < -0.3 is 10.2 Å². The molecule has 0 spiro atoms. The molecule has 0 atom stereocenters. The zero-order valence-electron chi connectivity index (χ0n) is 13.5. The summed E-state index contributed by atoms with van der Waals surface area (Å²) in [7, 11) is -3.58. The number of carbonyl (C=O) groups is 1. The van der Waals surface area contributed by atoms with Crippen molar-refractivity contribution in [2.75, 3.05) is 26.2 Å². The average molecular weight is 360 g/mol. The van der Waals surface area contributed by atoms with E-state index in [4.69, 9.17) is 11.6 Å². The summed E-state index contributed by atoms with van der Waals surface area (Å²) in [5.41, 5.74) is 0.834. The fraction of sp³-hybridized carbons (Fsp3) is 0.533. The third-order valence-electron chi connectivity index (χ3n) is 3.72. The molecule has 2 amide bonds. The van der Waals surface area contributed by atoms with Gasteiger partial charge in [0.05, 0.1) is 4.90 Å². The Labute approximate surface area is 142 Å². The first-order valence-electron chi connectivity index (χ1n) is 7.53. The molecular formula is C15H22ClN3O3S. The van der Waals surface area contributed by atoms with Gasteiger partial charge in [-0.05, 0) is 38.5 Å². The molecule has 1 aromatic carbocycles. The van der Waals surface area contributed by atoms with E-state index < -0.39 is 10.0 Å². The summed E-state index contributed by atoms with van der Waals surface area (Å²) in [4.78, 5) is 13.8. The maximum absolute atomic E-state index is 12.7. The highest BCUT2D eigenvalue weighted by Crippen LogP contribution is 2.23. The lowest BCUT2D eigenvalue weighted by molar-refractivity contribution is 0.170. The average Bonchev–Trinajstić information content (AvgIpc) is 2.49. The number of nitrogens with one attached hydrogen (secondary N) is 1. The van der Waals surface area contributed by atoms with E-state index >= 15 is 0 Å². The van der Waals surface area contributed by atoms with E-state index in [1.54, 1.807) is 17.0 Å². The van der Waals surface area contributed by atoms with Crippen molar-refractivity contribution in [2.24, 2.45) is 0 Å². The predicted molar refractivity (Wildman–Crippen MR) is 90.2 cm³/mol. The van der Waals surface area contributed by atoms with Crippen LogP contribution in [0.1, 0.15) is 19.4 Å². The molecule has 2 rings (SSSR count). The zero-order valence-corrected chi connectivity index (χ0v) is 15.1. The minimum absolute atomic E-state index is 0.0546. The van der Waals surface area contributed by atoms with Gasteiger partial charge in [0.2, 0.25) is 10.0 Å². The van der Waals surface area contributed by atoms with Gasteiger partial charge in [-0.3, -0.25) is 0 Å². The minimum atomic E-state index is -3.58. The highest BCUT2D eigenvalue weighted by Gasteiger charge is 2.30. The van der Waals surface area contributed by atoms with Gasteiger partial charge in [-0.25, -0.2) is 13.2 Å². The maximum atomic E-state index is 12.7. The number of nitrogens with zero attached hydrogens (tertiary/aromatic N) is 2. The van der Waals surface area contributed by atoms with Crippen molar-refractivity contribution in [1.29, 1.82) is 0 Å². The smallest absolute Gasteiger partial charge is 0.317 e. The molecule has 0 bridgehead atoms. The zero-order chi connectivity index (χ0) is 17.2. The molecule has 0 aliphatic carbocycles. The number of benzene rings is 1. The summed E-state index contributed by atoms with van der Waals surface area (Å²) >= 11 is 6.03. The van der Waals surface area contributed by atoms with Crippen LogP contribution >= 0.6 is 11.6 Å². The van der Waals surface area contributed by atoms with Crippen molar-refractivity contribution >= 4 is 27.7 Å². The van der Waals surface area contributed by atoms with E-state index in [2.05, 4.69) is 5.32 Å². The minimum Gasteiger partial charge on any atom is -0.336 e. The largest absolute Gasteiger partial charge is 0.336 e. The lowest BCUT2D eigenvalue weighted by atomic mass is 10.2. The van der Waals surface area contributed by atoms with E-state index in [1.165, 1.54) is 10.4 Å².